The Morgan fingerprint density at radius 1 is 1.47 bits per heavy atom. The monoisotopic (exact) mass is 261 g/mol. The van der Waals surface area contributed by atoms with Gasteiger partial charge in [-0.3, -0.25) is 4.79 Å². The van der Waals surface area contributed by atoms with Crippen molar-refractivity contribution in [3.8, 4) is 0 Å². The van der Waals surface area contributed by atoms with Gasteiger partial charge in [-0.15, -0.1) is 0 Å². The molecule has 1 aliphatic rings. The highest BCUT2D eigenvalue weighted by atomic mass is 32.2. The van der Waals surface area contributed by atoms with Gasteiger partial charge in [-0.2, -0.15) is 11.8 Å². The number of nitrogens with one attached hydrogen (secondary N) is 1. The number of hydrogen-bond donors (Lipinski definition) is 2. The van der Waals surface area contributed by atoms with Crippen molar-refractivity contribution in [2.45, 2.75) is 50.4 Å². The smallest absolute Gasteiger partial charge is 0.320 e. The minimum atomic E-state index is -0.744. The molecule has 1 fully saturated rings. The summed E-state index contributed by atoms with van der Waals surface area (Å²) in [6.07, 6.45) is 2.88. The number of carboxylic acids is 1. The van der Waals surface area contributed by atoms with E-state index in [1.165, 1.54) is 0 Å². The Morgan fingerprint density at radius 3 is 2.65 bits per heavy atom. The molecule has 5 heteroatoms. The summed E-state index contributed by atoms with van der Waals surface area (Å²) in [5, 5.41) is 12.8. The van der Waals surface area contributed by atoms with Crippen molar-refractivity contribution in [2.24, 2.45) is 0 Å². The first-order valence-corrected chi connectivity index (χ1v) is 7.32. The van der Waals surface area contributed by atoms with Crippen molar-refractivity contribution in [3.63, 3.8) is 0 Å². The van der Waals surface area contributed by atoms with Crippen molar-refractivity contribution >= 4 is 17.7 Å². The van der Waals surface area contributed by atoms with Gasteiger partial charge in [0.25, 0.3) is 0 Å². The minimum absolute atomic E-state index is 0.212. The van der Waals surface area contributed by atoms with Crippen LogP contribution in [0.15, 0.2) is 0 Å². The largest absolute Gasteiger partial charge is 0.480 e. The van der Waals surface area contributed by atoms with Crippen LogP contribution in [-0.4, -0.2) is 47.4 Å². The summed E-state index contributed by atoms with van der Waals surface area (Å²) in [6, 6.07) is -0.202. The molecule has 0 bridgehead atoms. The van der Waals surface area contributed by atoms with E-state index in [0.29, 0.717) is 11.7 Å². The lowest BCUT2D eigenvalue weighted by atomic mass is 10.2. The minimum Gasteiger partial charge on any atom is -0.480 e. The second kappa shape index (κ2) is 7.95. The topological polar surface area (TPSA) is 58.6 Å². The van der Waals surface area contributed by atoms with E-state index in [0.717, 1.165) is 31.8 Å². The fourth-order valence-electron chi connectivity index (χ4n) is 1.88. The number of carbonyl (C=O) groups is 1. The SMILES string of the molecule is CC(C)NC(CCSC1CCOCC1)C(=O)O. The van der Waals surface area contributed by atoms with Gasteiger partial charge in [0, 0.05) is 24.5 Å². The highest BCUT2D eigenvalue weighted by Gasteiger charge is 2.19. The Hall–Kier alpha value is -0.260. The van der Waals surface area contributed by atoms with Crippen molar-refractivity contribution in [2.75, 3.05) is 19.0 Å². The number of aliphatic carboxylic acids is 1. The van der Waals surface area contributed by atoms with E-state index in [2.05, 4.69) is 5.32 Å². The van der Waals surface area contributed by atoms with E-state index in [1.807, 2.05) is 25.6 Å². The molecule has 0 spiro atoms. The molecule has 1 unspecified atom stereocenters. The molecule has 0 aliphatic carbocycles. The molecule has 0 aromatic carbocycles. The van der Waals surface area contributed by atoms with E-state index in [-0.39, 0.29) is 6.04 Å². The van der Waals surface area contributed by atoms with Crippen LogP contribution in [0.4, 0.5) is 0 Å². The average Bonchev–Trinajstić information content (AvgIpc) is 2.28. The Kier molecular flexibility index (Phi) is 6.92. The van der Waals surface area contributed by atoms with Crippen LogP contribution in [0.5, 0.6) is 0 Å². The molecule has 2 N–H and O–H groups in total. The number of rotatable bonds is 7. The maximum absolute atomic E-state index is 11.0. The molecular formula is C12H23NO3S. The number of ether oxygens (including phenoxy) is 1. The summed E-state index contributed by atoms with van der Waals surface area (Å²) in [7, 11) is 0. The van der Waals surface area contributed by atoms with Gasteiger partial charge in [0.2, 0.25) is 0 Å². The van der Waals surface area contributed by atoms with Crippen LogP contribution in [-0.2, 0) is 9.53 Å². The van der Waals surface area contributed by atoms with Gasteiger partial charge in [-0.1, -0.05) is 13.8 Å². The van der Waals surface area contributed by atoms with Gasteiger partial charge >= 0.3 is 5.97 Å². The van der Waals surface area contributed by atoms with Crippen LogP contribution in [0.3, 0.4) is 0 Å². The van der Waals surface area contributed by atoms with Gasteiger partial charge in [0.1, 0.15) is 6.04 Å². The molecule has 0 aromatic heterocycles. The van der Waals surface area contributed by atoms with Crippen LogP contribution in [0.1, 0.15) is 33.1 Å². The van der Waals surface area contributed by atoms with Gasteiger partial charge < -0.3 is 15.2 Å². The summed E-state index contributed by atoms with van der Waals surface area (Å²) in [6.45, 7) is 5.65. The molecule has 1 rings (SSSR count). The van der Waals surface area contributed by atoms with Crippen molar-refractivity contribution in [1.29, 1.82) is 0 Å². The zero-order valence-electron chi connectivity index (χ0n) is 10.6. The lowest BCUT2D eigenvalue weighted by Crippen LogP contribution is -2.41. The molecular weight excluding hydrogens is 238 g/mol. The second-order valence-electron chi connectivity index (χ2n) is 4.68. The third-order valence-corrected chi connectivity index (χ3v) is 4.18. The molecule has 1 heterocycles. The summed E-state index contributed by atoms with van der Waals surface area (Å²) >= 11 is 1.89. The zero-order chi connectivity index (χ0) is 12.7. The Labute approximate surface area is 107 Å². The van der Waals surface area contributed by atoms with E-state index in [9.17, 15) is 4.79 Å². The van der Waals surface area contributed by atoms with E-state index >= 15 is 0 Å². The quantitative estimate of drug-likeness (QED) is 0.731. The molecule has 0 amide bonds. The van der Waals surface area contributed by atoms with Crippen LogP contribution in [0, 0.1) is 0 Å². The summed E-state index contributed by atoms with van der Waals surface area (Å²) < 4.78 is 5.30. The fraction of sp³-hybridized carbons (Fsp3) is 0.917. The highest BCUT2D eigenvalue weighted by Crippen LogP contribution is 2.22. The summed E-state index contributed by atoms with van der Waals surface area (Å²) in [5.74, 6) is 0.160. The molecule has 0 saturated carbocycles. The van der Waals surface area contributed by atoms with Gasteiger partial charge in [0.15, 0.2) is 0 Å². The maximum atomic E-state index is 11.0. The summed E-state index contributed by atoms with van der Waals surface area (Å²) in [4.78, 5) is 11.0. The van der Waals surface area contributed by atoms with Crippen LogP contribution < -0.4 is 5.32 Å². The number of thioether (sulfide) groups is 1. The van der Waals surface area contributed by atoms with Crippen molar-refractivity contribution in [1.82, 2.24) is 5.32 Å². The third kappa shape index (κ3) is 6.29. The van der Waals surface area contributed by atoms with Gasteiger partial charge in [-0.25, -0.2) is 0 Å². The third-order valence-electron chi connectivity index (χ3n) is 2.76. The lowest BCUT2D eigenvalue weighted by Gasteiger charge is -2.22. The van der Waals surface area contributed by atoms with Crippen molar-refractivity contribution < 1.29 is 14.6 Å². The zero-order valence-corrected chi connectivity index (χ0v) is 11.5. The molecule has 1 atom stereocenters. The van der Waals surface area contributed by atoms with E-state index < -0.39 is 12.0 Å². The van der Waals surface area contributed by atoms with Crippen molar-refractivity contribution in [3.05, 3.63) is 0 Å². The Balaban J connectivity index is 2.19. The number of carboxylic acid groups (broad SMARTS) is 1. The molecule has 17 heavy (non-hydrogen) atoms. The molecule has 100 valence electrons. The molecule has 4 nitrogen and oxygen atoms in total. The van der Waals surface area contributed by atoms with E-state index in [4.69, 9.17) is 9.84 Å². The molecule has 0 aromatic rings. The lowest BCUT2D eigenvalue weighted by molar-refractivity contribution is -0.139. The second-order valence-corrected chi connectivity index (χ2v) is 6.09. The Bertz CT molecular complexity index is 230. The predicted molar refractivity (Wildman–Crippen MR) is 70.6 cm³/mol. The molecule has 1 aliphatic heterocycles. The highest BCUT2D eigenvalue weighted by molar-refractivity contribution is 7.99. The fourth-order valence-corrected chi connectivity index (χ4v) is 3.11. The standard InChI is InChI=1S/C12H23NO3S/c1-9(2)13-11(12(14)15)5-8-17-10-3-6-16-7-4-10/h9-11,13H,3-8H2,1-2H3,(H,14,15). The normalized spacial score (nSPS) is 19.5. The predicted octanol–water partition coefficient (Wildman–Crippen LogP) is 1.74. The molecule has 0 radical (unpaired) electrons. The molecule has 1 saturated heterocycles. The average molecular weight is 261 g/mol. The summed E-state index contributed by atoms with van der Waals surface area (Å²) in [5.41, 5.74) is 0. The number of hydrogen-bond acceptors (Lipinski definition) is 4. The van der Waals surface area contributed by atoms with E-state index in [1.54, 1.807) is 0 Å². The first-order chi connectivity index (χ1) is 8.09. The van der Waals surface area contributed by atoms with Crippen LogP contribution in [0.2, 0.25) is 0 Å². The first kappa shape index (κ1) is 14.8. The van der Waals surface area contributed by atoms with Crippen LogP contribution >= 0.6 is 11.8 Å². The van der Waals surface area contributed by atoms with Crippen LogP contribution in [0.25, 0.3) is 0 Å². The maximum Gasteiger partial charge on any atom is 0.320 e. The first-order valence-electron chi connectivity index (χ1n) is 6.27. The van der Waals surface area contributed by atoms with Gasteiger partial charge in [-0.05, 0) is 25.0 Å². The Morgan fingerprint density at radius 2 is 2.12 bits per heavy atom. The van der Waals surface area contributed by atoms with Gasteiger partial charge in [0.05, 0.1) is 0 Å².